The van der Waals surface area contributed by atoms with Gasteiger partial charge < -0.3 is 0 Å². The van der Waals surface area contributed by atoms with Crippen molar-refractivity contribution in [3.05, 3.63) is 42.0 Å². The molecular formula is C14H12N2S. The van der Waals surface area contributed by atoms with E-state index >= 15 is 0 Å². The first-order chi connectivity index (χ1) is 8.25. The highest BCUT2D eigenvalue weighted by Gasteiger charge is 2.16. The van der Waals surface area contributed by atoms with Crippen molar-refractivity contribution in [2.75, 3.05) is 11.4 Å². The van der Waals surface area contributed by atoms with Crippen LogP contribution in [0.2, 0.25) is 0 Å². The van der Waals surface area contributed by atoms with Gasteiger partial charge in [-0.2, -0.15) is 0 Å². The van der Waals surface area contributed by atoms with E-state index in [4.69, 9.17) is 12.2 Å². The van der Waals surface area contributed by atoms with Crippen LogP contribution < -0.4 is 4.90 Å². The number of fused-ring (bicyclic) bond motifs is 1. The molecule has 0 atom stereocenters. The first-order valence-corrected chi connectivity index (χ1v) is 5.98. The Bertz CT molecular complexity index is 631. The zero-order chi connectivity index (χ0) is 11.8. The minimum atomic E-state index is 0.623. The average molecular weight is 240 g/mol. The lowest BCUT2D eigenvalue weighted by atomic mass is 10.1. The van der Waals surface area contributed by atoms with Crippen LogP contribution in [0.3, 0.4) is 0 Å². The molecule has 2 aromatic rings. The van der Waals surface area contributed by atoms with Crippen LogP contribution >= 0.6 is 12.2 Å². The number of anilines is 1. The third kappa shape index (κ3) is 1.72. The molecule has 0 saturated carbocycles. The smallest absolute Gasteiger partial charge is 0.109 e. The van der Waals surface area contributed by atoms with Crippen LogP contribution in [0.15, 0.2) is 41.4 Å². The molecule has 0 amide bonds. The number of nitrogens with zero attached hydrogens (tertiary/aromatic N) is 2. The predicted molar refractivity (Wildman–Crippen MR) is 77.1 cm³/mol. The van der Waals surface area contributed by atoms with E-state index in [2.05, 4.69) is 48.3 Å². The topological polar surface area (TPSA) is 15.6 Å². The lowest BCUT2D eigenvalue weighted by Gasteiger charge is -2.17. The summed E-state index contributed by atoms with van der Waals surface area (Å²) in [5, 5.41) is 2.46. The third-order valence-corrected chi connectivity index (χ3v) is 3.29. The number of rotatable bonds is 1. The summed E-state index contributed by atoms with van der Waals surface area (Å²) in [5.74, 6) is 0. The molecule has 0 radical (unpaired) electrons. The molecule has 3 rings (SSSR count). The maximum atomic E-state index is 5.31. The van der Waals surface area contributed by atoms with Crippen molar-refractivity contribution in [1.29, 1.82) is 0 Å². The van der Waals surface area contributed by atoms with Gasteiger partial charge in [0.05, 0.1) is 18.6 Å². The molecule has 0 spiro atoms. The maximum Gasteiger partial charge on any atom is 0.109 e. The summed E-state index contributed by atoms with van der Waals surface area (Å²) in [4.78, 5) is 7.06. The summed E-state index contributed by atoms with van der Waals surface area (Å²) in [5.41, 5.74) is 2.39. The molecule has 17 heavy (non-hydrogen) atoms. The lowest BCUT2D eigenvalue weighted by molar-refractivity contribution is 1.37. The Hall–Kier alpha value is -1.74. The molecule has 1 heterocycles. The molecule has 2 nitrogen and oxygen atoms in total. The van der Waals surface area contributed by atoms with Gasteiger partial charge in [0.25, 0.3) is 0 Å². The Balaban J connectivity index is 2.23. The van der Waals surface area contributed by atoms with Crippen LogP contribution in [0.25, 0.3) is 10.8 Å². The van der Waals surface area contributed by atoms with Crippen molar-refractivity contribution in [2.24, 2.45) is 4.99 Å². The molecule has 0 aromatic heterocycles. The van der Waals surface area contributed by atoms with Gasteiger partial charge in [-0.1, -0.05) is 48.1 Å². The van der Waals surface area contributed by atoms with E-state index < -0.39 is 0 Å². The molecule has 2 aromatic carbocycles. The fourth-order valence-corrected chi connectivity index (χ4v) is 2.35. The number of aryl methyl sites for hydroxylation is 1. The number of benzene rings is 2. The molecule has 1 aliphatic rings. The van der Waals surface area contributed by atoms with Crippen LogP contribution in [0, 0.1) is 6.92 Å². The van der Waals surface area contributed by atoms with Crippen LogP contribution in [0.1, 0.15) is 5.56 Å². The van der Waals surface area contributed by atoms with E-state index in [9.17, 15) is 0 Å². The highest BCUT2D eigenvalue weighted by molar-refractivity contribution is 7.80. The normalized spacial score (nSPS) is 14.9. The Morgan fingerprint density at radius 3 is 2.88 bits per heavy atom. The number of hydrogen-bond acceptors (Lipinski definition) is 2. The second kappa shape index (κ2) is 3.93. The zero-order valence-electron chi connectivity index (χ0n) is 9.55. The van der Waals surface area contributed by atoms with Crippen molar-refractivity contribution < 1.29 is 0 Å². The van der Waals surface area contributed by atoms with Crippen molar-refractivity contribution in [3.63, 3.8) is 0 Å². The largest absolute Gasteiger partial charge is 0.293 e. The summed E-state index contributed by atoms with van der Waals surface area (Å²) in [6.45, 7) is 2.73. The van der Waals surface area contributed by atoms with Crippen molar-refractivity contribution in [1.82, 2.24) is 0 Å². The zero-order valence-corrected chi connectivity index (χ0v) is 10.4. The summed E-state index contributed by atoms with van der Waals surface area (Å²) in [7, 11) is 0. The molecule has 84 valence electrons. The Kier molecular flexibility index (Phi) is 2.41. The summed E-state index contributed by atoms with van der Waals surface area (Å²) in [6, 6.07) is 12.7. The summed E-state index contributed by atoms with van der Waals surface area (Å²) < 4.78 is 0. The van der Waals surface area contributed by atoms with Gasteiger partial charge in [0, 0.05) is 5.39 Å². The van der Waals surface area contributed by atoms with E-state index in [1.165, 1.54) is 16.3 Å². The van der Waals surface area contributed by atoms with Gasteiger partial charge in [-0.3, -0.25) is 9.89 Å². The fourth-order valence-electron chi connectivity index (χ4n) is 2.13. The van der Waals surface area contributed by atoms with Gasteiger partial charge in [0.1, 0.15) is 4.99 Å². The van der Waals surface area contributed by atoms with Gasteiger partial charge in [-0.15, -0.1) is 0 Å². The van der Waals surface area contributed by atoms with Crippen LogP contribution in [-0.4, -0.2) is 17.9 Å². The summed E-state index contributed by atoms with van der Waals surface area (Å²) in [6.07, 6.45) is 1.82. The molecule has 0 bridgehead atoms. The van der Waals surface area contributed by atoms with E-state index in [1.54, 1.807) is 0 Å². The Morgan fingerprint density at radius 2 is 2.12 bits per heavy atom. The fraction of sp³-hybridized carbons (Fsp3) is 0.143. The van der Waals surface area contributed by atoms with Gasteiger partial charge in [-0.25, -0.2) is 0 Å². The molecule has 0 unspecified atom stereocenters. The number of aliphatic imine (C=N–C) groups is 1. The number of thiocarbonyl (C=S) groups is 1. The van der Waals surface area contributed by atoms with Gasteiger partial charge >= 0.3 is 0 Å². The molecule has 1 aliphatic heterocycles. The van der Waals surface area contributed by atoms with E-state index in [-0.39, 0.29) is 0 Å². The van der Waals surface area contributed by atoms with Crippen molar-refractivity contribution in [2.45, 2.75) is 6.92 Å². The molecule has 0 N–H and O–H groups in total. The molecule has 0 saturated heterocycles. The van der Waals surface area contributed by atoms with Gasteiger partial charge in [-0.05, 0) is 18.4 Å². The minimum Gasteiger partial charge on any atom is -0.293 e. The molecule has 0 fully saturated rings. The van der Waals surface area contributed by atoms with E-state index in [0.29, 0.717) is 6.54 Å². The standard InChI is InChI=1S/C14H12N2S/c1-10-5-6-12-11(7-10)3-2-4-13(12)16-9-15-8-14(16)17/h2-7,9H,8H2,1H3. The second-order valence-electron chi connectivity index (χ2n) is 4.22. The molecule has 0 aliphatic carbocycles. The van der Waals surface area contributed by atoms with Gasteiger partial charge in [0.15, 0.2) is 0 Å². The Labute approximate surface area is 106 Å². The van der Waals surface area contributed by atoms with E-state index in [0.717, 1.165) is 10.7 Å². The highest BCUT2D eigenvalue weighted by atomic mass is 32.1. The third-order valence-electron chi connectivity index (χ3n) is 2.96. The minimum absolute atomic E-state index is 0.623. The van der Waals surface area contributed by atoms with Gasteiger partial charge in [0.2, 0.25) is 0 Å². The maximum absolute atomic E-state index is 5.31. The first kappa shape index (κ1) is 10.4. The monoisotopic (exact) mass is 240 g/mol. The molecule has 3 heteroatoms. The van der Waals surface area contributed by atoms with Crippen LogP contribution in [0.4, 0.5) is 5.69 Å². The predicted octanol–water partition coefficient (Wildman–Crippen LogP) is 3.32. The highest BCUT2D eigenvalue weighted by Crippen LogP contribution is 2.28. The second-order valence-corrected chi connectivity index (χ2v) is 4.69. The van der Waals surface area contributed by atoms with Crippen LogP contribution in [-0.2, 0) is 0 Å². The quantitative estimate of drug-likeness (QED) is 0.711. The lowest BCUT2D eigenvalue weighted by Crippen LogP contribution is -2.23. The van der Waals surface area contributed by atoms with Crippen molar-refractivity contribution in [3.8, 4) is 0 Å². The Morgan fingerprint density at radius 1 is 1.24 bits per heavy atom. The SMILES string of the molecule is Cc1ccc2c(N3C=NCC3=S)cccc2c1. The first-order valence-electron chi connectivity index (χ1n) is 5.57. The van der Waals surface area contributed by atoms with E-state index in [1.807, 2.05) is 11.2 Å². The van der Waals surface area contributed by atoms with Crippen LogP contribution in [0.5, 0.6) is 0 Å². The average Bonchev–Trinajstić information content (AvgIpc) is 2.74. The molecular weight excluding hydrogens is 228 g/mol. The summed E-state index contributed by atoms with van der Waals surface area (Å²) >= 11 is 5.31. The van der Waals surface area contributed by atoms with Crippen molar-refractivity contribution >= 4 is 40.0 Å². The number of hydrogen-bond donors (Lipinski definition) is 0.